The molecule has 0 unspecified atom stereocenters. The predicted molar refractivity (Wildman–Crippen MR) is 112 cm³/mol. The zero-order valence-corrected chi connectivity index (χ0v) is 17.1. The van der Waals surface area contributed by atoms with E-state index in [1.54, 1.807) is 13.0 Å². The number of benzene rings is 2. The second-order valence-corrected chi connectivity index (χ2v) is 8.35. The Morgan fingerprint density at radius 3 is 2.78 bits per heavy atom. The maximum absolute atomic E-state index is 14.2. The van der Waals surface area contributed by atoms with Crippen molar-refractivity contribution in [3.05, 3.63) is 57.1 Å². The molecule has 1 aromatic heterocycles. The van der Waals surface area contributed by atoms with E-state index >= 15 is 0 Å². The molecule has 27 heavy (non-hydrogen) atoms. The normalized spacial score (nSPS) is 14.6. The van der Waals surface area contributed by atoms with Crippen molar-refractivity contribution in [3.8, 4) is 0 Å². The van der Waals surface area contributed by atoms with Crippen LogP contribution in [-0.2, 0) is 4.74 Å². The number of nitrogens with zero attached hydrogens (tertiary/aromatic N) is 1. The van der Waals surface area contributed by atoms with E-state index in [-0.39, 0.29) is 11.7 Å². The van der Waals surface area contributed by atoms with Crippen LogP contribution in [0.2, 0.25) is 0 Å². The molecule has 7 heteroatoms. The van der Waals surface area contributed by atoms with Gasteiger partial charge in [0.25, 0.3) is 5.91 Å². The molecule has 1 aliphatic heterocycles. The van der Waals surface area contributed by atoms with E-state index in [0.717, 1.165) is 33.6 Å². The van der Waals surface area contributed by atoms with Crippen molar-refractivity contribution >= 4 is 54.6 Å². The molecule has 0 bridgehead atoms. The standard InChI is InChI=1S/C20H18BrFN2O2S/c1-12-18-14(22)3-2-4-17(18)27-19(12)20(25)23-15-11-13(21)5-6-16(15)24-7-9-26-10-8-24/h2-6,11H,7-10H2,1H3,(H,23,25). The van der Waals surface area contributed by atoms with Gasteiger partial charge in [0.15, 0.2) is 0 Å². The summed E-state index contributed by atoms with van der Waals surface area (Å²) in [5, 5.41) is 3.55. The molecule has 4 rings (SSSR count). The predicted octanol–water partition coefficient (Wildman–Crippen LogP) is 5.20. The third-order valence-corrected chi connectivity index (χ3v) is 6.42. The molecule has 0 atom stereocenters. The van der Waals surface area contributed by atoms with Crippen molar-refractivity contribution < 1.29 is 13.9 Å². The molecule has 1 amide bonds. The van der Waals surface area contributed by atoms with Crippen molar-refractivity contribution in [1.29, 1.82) is 0 Å². The third-order valence-electron chi connectivity index (χ3n) is 4.67. The summed E-state index contributed by atoms with van der Waals surface area (Å²) in [6, 6.07) is 10.8. The minimum absolute atomic E-state index is 0.222. The van der Waals surface area contributed by atoms with E-state index in [1.807, 2.05) is 24.3 Å². The third kappa shape index (κ3) is 3.59. The van der Waals surface area contributed by atoms with Gasteiger partial charge in [-0.15, -0.1) is 11.3 Å². The van der Waals surface area contributed by atoms with Crippen LogP contribution in [0, 0.1) is 12.7 Å². The van der Waals surface area contributed by atoms with Gasteiger partial charge in [-0.05, 0) is 42.8 Å². The average molecular weight is 449 g/mol. The SMILES string of the molecule is Cc1c(C(=O)Nc2cc(Br)ccc2N2CCOCC2)sc2cccc(F)c12. The minimum Gasteiger partial charge on any atom is -0.378 e. The van der Waals surface area contributed by atoms with Crippen LogP contribution in [0.25, 0.3) is 10.1 Å². The lowest BCUT2D eigenvalue weighted by Crippen LogP contribution is -2.36. The molecule has 0 aliphatic carbocycles. The number of anilines is 2. The van der Waals surface area contributed by atoms with Crippen LogP contribution in [0.3, 0.4) is 0 Å². The number of halogens is 2. The molecule has 1 N–H and O–H groups in total. The number of nitrogens with one attached hydrogen (secondary N) is 1. The number of ether oxygens (including phenoxy) is 1. The Hall–Kier alpha value is -1.96. The fourth-order valence-corrected chi connectivity index (χ4v) is 4.82. The van der Waals surface area contributed by atoms with Crippen molar-refractivity contribution in [2.24, 2.45) is 0 Å². The number of amides is 1. The summed E-state index contributed by atoms with van der Waals surface area (Å²) in [6.07, 6.45) is 0. The zero-order chi connectivity index (χ0) is 19.0. The minimum atomic E-state index is -0.295. The van der Waals surface area contributed by atoms with Gasteiger partial charge in [0, 0.05) is 27.6 Å². The maximum atomic E-state index is 14.2. The lowest BCUT2D eigenvalue weighted by atomic mass is 10.1. The number of carbonyl (C=O) groups is 1. The summed E-state index contributed by atoms with van der Waals surface area (Å²) in [7, 11) is 0. The first-order chi connectivity index (χ1) is 13.0. The van der Waals surface area contributed by atoms with Gasteiger partial charge in [-0.3, -0.25) is 4.79 Å². The molecule has 4 nitrogen and oxygen atoms in total. The lowest BCUT2D eigenvalue weighted by molar-refractivity contribution is 0.103. The van der Waals surface area contributed by atoms with Crippen LogP contribution >= 0.6 is 27.3 Å². The second-order valence-electron chi connectivity index (χ2n) is 6.38. The highest BCUT2D eigenvalue weighted by molar-refractivity contribution is 9.10. The fourth-order valence-electron chi connectivity index (χ4n) is 3.34. The smallest absolute Gasteiger partial charge is 0.266 e. The molecular weight excluding hydrogens is 431 g/mol. The quantitative estimate of drug-likeness (QED) is 0.598. The number of fused-ring (bicyclic) bond motifs is 1. The van der Waals surface area contributed by atoms with Crippen LogP contribution in [-0.4, -0.2) is 32.2 Å². The Morgan fingerprint density at radius 2 is 2.04 bits per heavy atom. The Bertz CT molecular complexity index is 1010. The molecule has 140 valence electrons. The molecule has 1 fully saturated rings. The summed E-state index contributed by atoms with van der Waals surface area (Å²) in [6.45, 7) is 4.67. The summed E-state index contributed by atoms with van der Waals surface area (Å²) in [5.41, 5.74) is 2.36. The second kappa shape index (κ2) is 7.58. The van der Waals surface area contributed by atoms with Crippen molar-refractivity contribution in [1.82, 2.24) is 0 Å². The first-order valence-corrected chi connectivity index (χ1v) is 10.3. The Balaban J connectivity index is 1.68. The van der Waals surface area contributed by atoms with Gasteiger partial charge in [0.2, 0.25) is 0 Å². The first kappa shape index (κ1) is 18.4. The molecule has 0 saturated carbocycles. The average Bonchev–Trinajstić information content (AvgIpc) is 3.01. The van der Waals surface area contributed by atoms with Crippen molar-refractivity contribution in [2.75, 3.05) is 36.5 Å². The van der Waals surface area contributed by atoms with Gasteiger partial charge in [-0.1, -0.05) is 22.0 Å². The monoisotopic (exact) mass is 448 g/mol. The number of hydrogen-bond donors (Lipinski definition) is 1. The zero-order valence-electron chi connectivity index (χ0n) is 14.7. The largest absolute Gasteiger partial charge is 0.378 e. The number of hydrogen-bond acceptors (Lipinski definition) is 4. The van der Waals surface area contributed by atoms with Crippen molar-refractivity contribution in [3.63, 3.8) is 0 Å². The molecule has 0 radical (unpaired) electrons. The van der Waals surface area contributed by atoms with Crippen LogP contribution in [0.1, 0.15) is 15.2 Å². The molecule has 1 saturated heterocycles. The van der Waals surface area contributed by atoms with Gasteiger partial charge in [0.1, 0.15) is 5.82 Å². The van der Waals surface area contributed by atoms with Crippen LogP contribution in [0.5, 0.6) is 0 Å². The molecule has 0 spiro atoms. The topological polar surface area (TPSA) is 41.6 Å². The maximum Gasteiger partial charge on any atom is 0.266 e. The number of morpholine rings is 1. The first-order valence-electron chi connectivity index (χ1n) is 8.66. The highest BCUT2D eigenvalue weighted by Crippen LogP contribution is 2.35. The number of aryl methyl sites for hydroxylation is 1. The Morgan fingerprint density at radius 1 is 1.26 bits per heavy atom. The van der Waals surface area contributed by atoms with Gasteiger partial charge in [-0.2, -0.15) is 0 Å². The van der Waals surface area contributed by atoms with E-state index in [0.29, 0.717) is 29.0 Å². The van der Waals surface area contributed by atoms with E-state index in [1.165, 1.54) is 17.4 Å². The summed E-state index contributed by atoms with van der Waals surface area (Å²) >= 11 is 4.79. The Labute approximate surface area is 169 Å². The fraction of sp³-hybridized carbons (Fsp3) is 0.250. The lowest BCUT2D eigenvalue weighted by Gasteiger charge is -2.30. The van der Waals surface area contributed by atoms with E-state index in [9.17, 15) is 9.18 Å². The summed E-state index contributed by atoms with van der Waals surface area (Å²) in [4.78, 5) is 15.7. The number of thiophene rings is 1. The highest BCUT2D eigenvalue weighted by Gasteiger charge is 2.21. The van der Waals surface area contributed by atoms with E-state index in [4.69, 9.17) is 4.74 Å². The van der Waals surface area contributed by atoms with Gasteiger partial charge in [0.05, 0.1) is 29.5 Å². The molecule has 1 aliphatic rings. The van der Waals surface area contributed by atoms with Gasteiger partial charge >= 0.3 is 0 Å². The van der Waals surface area contributed by atoms with E-state index in [2.05, 4.69) is 26.1 Å². The summed E-state index contributed by atoms with van der Waals surface area (Å²) in [5.74, 6) is -0.516. The number of carbonyl (C=O) groups excluding carboxylic acids is 1. The Kier molecular flexibility index (Phi) is 5.16. The van der Waals surface area contributed by atoms with E-state index < -0.39 is 0 Å². The van der Waals surface area contributed by atoms with Crippen LogP contribution in [0.15, 0.2) is 40.9 Å². The highest BCUT2D eigenvalue weighted by atomic mass is 79.9. The van der Waals surface area contributed by atoms with Crippen LogP contribution < -0.4 is 10.2 Å². The van der Waals surface area contributed by atoms with Crippen molar-refractivity contribution in [2.45, 2.75) is 6.92 Å². The summed E-state index contributed by atoms with van der Waals surface area (Å²) < 4.78 is 21.2. The van der Waals surface area contributed by atoms with Gasteiger partial charge < -0.3 is 15.0 Å². The molecule has 3 aromatic rings. The molecule has 2 heterocycles. The molecule has 2 aromatic carbocycles. The molecular formula is C20H18BrFN2O2S. The van der Waals surface area contributed by atoms with Crippen LogP contribution in [0.4, 0.5) is 15.8 Å². The van der Waals surface area contributed by atoms with Gasteiger partial charge in [-0.25, -0.2) is 4.39 Å². The number of rotatable bonds is 3.